The van der Waals surface area contributed by atoms with Crippen molar-refractivity contribution >= 4 is 39.1 Å². The zero-order valence-corrected chi connectivity index (χ0v) is 11.9. The normalized spacial score (nSPS) is 10.2. The number of benzene rings is 1. The molecule has 1 amide bonds. The zero-order chi connectivity index (χ0) is 13.1. The van der Waals surface area contributed by atoms with Crippen molar-refractivity contribution in [3.8, 4) is 0 Å². The molecule has 0 aliphatic carbocycles. The second-order valence-electron chi connectivity index (χ2n) is 3.77. The molecule has 0 saturated carbocycles. The summed E-state index contributed by atoms with van der Waals surface area (Å²) in [6.45, 7) is 1.87. The molecule has 0 bridgehead atoms. The average molecular weight is 326 g/mol. The molecule has 0 spiro atoms. The molecule has 0 aliphatic heterocycles. The van der Waals surface area contributed by atoms with Crippen molar-refractivity contribution < 1.29 is 4.79 Å². The summed E-state index contributed by atoms with van der Waals surface area (Å²) in [5.41, 5.74) is 2.07. The number of nitrogens with one attached hydrogen (secondary N) is 1. The molecule has 5 heteroatoms. The third-order valence-electron chi connectivity index (χ3n) is 2.35. The Labute approximate surface area is 118 Å². The van der Waals surface area contributed by atoms with Gasteiger partial charge in [0.1, 0.15) is 0 Å². The van der Waals surface area contributed by atoms with Crippen LogP contribution in [0.15, 0.2) is 41.0 Å². The Morgan fingerprint density at radius 2 is 2.11 bits per heavy atom. The quantitative estimate of drug-likeness (QED) is 0.905. The molecular formula is C13H10BrClN2O. The topological polar surface area (TPSA) is 42.0 Å². The molecule has 0 aliphatic rings. The van der Waals surface area contributed by atoms with Gasteiger partial charge in [0.2, 0.25) is 0 Å². The maximum absolute atomic E-state index is 11.9. The predicted molar refractivity (Wildman–Crippen MR) is 76.1 cm³/mol. The van der Waals surface area contributed by atoms with Gasteiger partial charge in [0.05, 0.1) is 10.6 Å². The Morgan fingerprint density at radius 3 is 2.72 bits per heavy atom. The van der Waals surface area contributed by atoms with Crippen molar-refractivity contribution in [3.05, 3.63) is 57.3 Å². The first-order valence-corrected chi connectivity index (χ1v) is 6.42. The van der Waals surface area contributed by atoms with Crippen LogP contribution in [0, 0.1) is 6.92 Å². The fraction of sp³-hybridized carbons (Fsp3) is 0.0769. The van der Waals surface area contributed by atoms with E-state index in [1.165, 1.54) is 0 Å². The number of hydrogen-bond acceptors (Lipinski definition) is 2. The molecule has 3 nitrogen and oxygen atoms in total. The minimum atomic E-state index is -0.197. The maximum atomic E-state index is 11.9. The SMILES string of the molecule is Cc1ccc(C(=O)Nc2ccc(Cl)c(Br)c2)cn1. The van der Waals surface area contributed by atoms with Crippen LogP contribution in [-0.2, 0) is 0 Å². The first-order chi connectivity index (χ1) is 8.56. The molecule has 1 aromatic heterocycles. The van der Waals surface area contributed by atoms with Gasteiger partial charge in [-0.25, -0.2) is 0 Å². The van der Waals surface area contributed by atoms with Crippen LogP contribution in [0.1, 0.15) is 16.1 Å². The molecule has 0 saturated heterocycles. The number of aromatic nitrogens is 1. The third kappa shape index (κ3) is 3.09. The summed E-state index contributed by atoms with van der Waals surface area (Å²) in [5, 5.41) is 3.38. The minimum Gasteiger partial charge on any atom is -0.322 e. The van der Waals surface area contributed by atoms with Crippen molar-refractivity contribution in [3.63, 3.8) is 0 Å². The molecule has 0 radical (unpaired) electrons. The summed E-state index contributed by atoms with van der Waals surface area (Å²) in [7, 11) is 0. The number of anilines is 1. The van der Waals surface area contributed by atoms with E-state index in [2.05, 4.69) is 26.2 Å². The van der Waals surface area contributed by atoms with E-state index < -0.39 is 0 Å². The lowest BCUT2D eigenvalue weighted by Gasteiger charge is -2.06. The Bertz CT molecular complexity index is 584. The van der Waals surface area contributed by atoms with Gasteiger partial charge < -0.3 is 5.32 Å². The number of pyridine rings is 1. The van der Waals surface area contributed by atoms with Gasteiger partial charge in [-0.05, 0) is 53.2 Å². The van der Waals surface area contributed by atoms with Crippen molar-refractivity contribution in [2.75, 3.05) is 5.32 Å². The fourth-order valence-corrected chi connectivity index (χ4v) is 1.88. The maximum Gasteiger partial charge on any atom is 0.257 e. The Morgan fingerprint density at radius 1 is 1.33 bits per heavy atom. The Kier molecular flexibility index (Phi) is 3.99. The molecule has 1 aromatic carbocycles. The highest BCUT2D eigenvalue weighted by atomic mass is 79.9. The fourth-order valence-electron chi connectivity index (χ4n) is 1.38. The van der Waals surface area contributed by atoms with Crippen molar-refractivity contribution in [2.24, 2.45) is 0 Å². The number of carbonyl (C=O) groups excluding carboxylic acids is 1. The van der Waals surface area contributed by atoms with E-state index in [1.807, 2.05) is 6.92 Å². The molecular weight excluding hydrogens is 316 g/mol. The van der Waals surface area contributed by atoms with Crippen LogP contribution in [0.4, 0.5) is 5.69 Å². The standard InChI is InChI=1S/C13H10BrClN2O/c1-8-2-3-9(7-16-8)13(18)17-10-4-5-12(15)11(14)6-10/h2-7H,1H3,(H,17,18). The van der Waals surface area contributed by atoms with E-state index in [4.69, 9.17) is 11.6 Å². The smallest absolute Gasteiger partial charge is 0.257 e. The summed E-state index contributed by atoms with van der Waals surface area (Å²) in [4.78, 5) is 16.0. The monoisotopic (exact) mass is 324 g/mol. The van der Waals surface area contributed by atoms with Crippen LogP contribution in [-0.4, -0.2) is 10.9 Å². The highest BCUT2D eigenvalue weighted by Gasteiger charge is 2.07. The molecule has 2 aromatic rings. The second-order valence-corrected chi connectivity index (χ2v) is 5.03. The number of rotatable bonds is 2. The van der Waals surface area contributed by atoms with Gasteiger partial charge in [-0.3, -0.25) is 9.78 Å². The van der Waals surface area contributed by atoms with Crippen LogP contribution in [0.5, 0.6) is 0 Å². The first-order valence-electron chi connectivity index (χ1n) is 5.25. The van der Waals surface area contributed by atoms with Gasteiger partial charge in [0.15, 0.2) is 0 Å². The molecule has 0 unspecified atom stereocenters. The average Bonchev–Trinajstić information content (AvgIpc) is 2.34. The van der Waals surface area contributed by atoms with E-state index in [9.17, 15) is 4.79 Å². The minimum absolute atomic E-state index is 0.197. The van der Waals surface area contributed by atoms with Crippen LogP contribution in [0.25, 0.3) is 0 Å². The van der Waals surface area contributed by atoms with E-state index in [0.29, 0.717) is 16.3 Å². The Balaban J connectivity index is 2.16. The summed E-state index contributed by atoms with van der Waals surface area (Å²) >= 11 is 9.19. The number of aryl methyl sites for hydroxylation is 1. The highest BCUT2D eigenvalue weighted by Crippen LogP contribution is 2.25. The number of amides is 1. The molecule has 18 heavy (non-hydrogen) atoms. The van der Waals surface area contributed by atoms with E-state index in [0.717, 1.165) is 10.2 Å². The van der Waals surface area contributed by atoms with E-state index >= 15 is 0 Å². The first kappa shape index (κ1) is 13.1. The van der Waals surface area contributed by atoms with Gasteiger partial charge >= 0.3 is 0 Å². The molecule has 2 rings (SSSR count). The number of carbonyl (C=O) groups is 1. The lowest BCUT2D eigenvalue weighted by molar-refractivity contribution is 0.102. The van der Waals surface area contributed by atoms with Gasteiger partial charge in [0.25, 0.3) is 5.91 Å². The van der Waals surface area contributed by atoms with Crippen LogP contribution in [0.2, 0.25) is 5.02 Å². The lowest BCUT2D eigenvalue weighted by atomic mass is 10.2. The van der Waals surface area contributed by atoms with Crippen molar-refractivity contribution in [1.82, 2.24) is 4.98 Å². The van der Waals surface area contributed by atoms with E-state index in [-0.39, 0.29) is 5.91 Å². The molecule has 1 N–H and O–H groups in total. The lowest BCUT2D eigenvalue weighted by Crippen LogP contribution is -2.12. The second kappa shape index (κ2) is 5.50. The number of halogens is 2. The summed E-state index contributed by atoms with van der Waals surface area (Å²) < 4.78 is 0.740. The summed E-state index contributed by atoms with van der Waals surface area (Å²) in [5.74, 6) is -0.197. The molecule has 1 heterocycles. The van der Waals surface area contributed by atoms with Crippen molar-refractivity contribution in [1.29, 1.82) is 0 Å². The van der Waals surface area contributed by atoms with Gasteiger partial charge in [-0.15, -0.1) is 0 Å². The van der Waals surface area contributed by atoms with Crippen LogP contribution >= 0.6 is 27.5 Å². The summed E-state index contributed by atoms with van der Waals surface area (Å²) in [6, 6.07) is 8.75. The van der Waals surface area contributed by atoms with E-state index in [1.54, 1.807) is 36.5 Å². The third-order valence-corrected chi connectivity index (χ3v) is 3.56. The largest absolute Gasteiger partial charge is 0.322 e. The summed E-state index contributed by atoms with van der Waals surface area (Å²) in [6.07, 6.45) is 1.55. The van der Waals surface area contributed by atoms with Gasteiger partial charge in [0, 0.05) is 22.1 Å². The number of hydrogen-bond donors (Lipinski definition) is 1. The highest BCUT2D eigenvalue weighted by molar-refractivity contribution is 9.10. The molecule has 92 valence electrons. The Hall–Kier alpha value is -1.39. The zero-order valence-electron chi connectivity index (χ0n) is 9.58. The predicted octanol–water partition coefficient (Wildman–Crippen LogP) is 4.06. The molecule has 0 atom stereocenters. The van der Waals surface area contributed by atoms with Crippen LogP contribution in [0.3, 0.4) is 0 Å². The van der Waals surface area contributed by atoms with Gasteiger partial charge in [-0.2, -0.15) is 0 Å². The van der Waals surface area contributed by atoms with Gasteiger partial charge in [-0.1, -0.05) is 11.6 Å². The van der Waals surface area contributed by atoms with Crippen LogP contribution < -0.4 is 5.32 Å². The molecule has 0 fully saturated rings. The number of nitrogens with zero attached hydrogens (tertiary/aromatic N) is 1. The van der Waals surface area contributed by atoms with Crippen molar-refractivity contribution in [2.45, 2.75) is 6.92 Å².